The molecule has 0 unspecified atom stereocenters. The van der Waals surface area contributed by atoms with Crippen LogP contribution in [0.15, 0.2) is 60.4 Å². The van der Waals surface area contributed by atoms with E-state index in [1.165, 1.54) is 60.2 Å². The molecule has 0 amide bonds. The Morgan fingerprint density at radius 1 is 0.923 bits per heavy atom. The van der Waals surface area contributed by atoms with Gasteiger partial charge in [0.15, 0.2) is 0 Å². The lowest BCUT2D eigenvalue weighted by molar-refractivity contribution is 0.296. The molecule has 0 saturated heterocycles. The van der Waals surface area contributed by atoms with Crippen LogP contribution in [0.2, 0.25) is 0 Å². The van der Waals surface area contributed by atoms with Crippen molar-refractivity contribution in [3.63, 3.8) is 0 Å². The molecule has 4 rings (SSSR count). The zero-order valence-electron chi connectivity index (χ0n) is 16.3. The maximum atomic E-state index is 2.47. The Morgan fingerprint density at radius 2 is 1.58 bits per heavy atom. The third-order valence-electron chi connectivity index (χ3n) is 6.23. The predicted octanol–water partition coefficient (Wildman–Crippen LogP) is 6.18. The Hall–Kier alpha value is -2.22. The number of anilines is 1. The highest BCUT2D eigenvalue weighted by atomic mass is 15.3. The van der Waals surface area contributed by atoms with E-state index in [0.29, 0.717) is 5.41 Å². The van der Waals surface area contributed by atoms with Crippen molar-refractivity contribution in [3.8, 4) is 11.1 Å². The Morgan fingerprint density at radius 3 is 2.31 bits per heavy atom. The minimum Gasteiger partial charge on any atom is -0.359 e. The summed E-state index contributed by atoms with van der Waals surface area (Å²) in [6.07, 6.45) is 9.13. The number of benzene rings is 2. The van der Waals surface area contributed by atoms with Crippen LogP contribution in [-0.2, 0) is 0 Å². The smallest absolute Gasteiger partial charge is 0.0941 e. The van der Waals surface area contributed by atoms with Gasteiger partial charge in [-0.3, -0.25) is 0 Å². The Balaban J connectivity index is 1.65. The first kappa shape index (κ1) is 17.2. The first-order chi connectivity index (χ1) is 12.6. The standard InChI is InChI=1S/C24H30N2/c1-19-10-4-5-11-21(19)22-12-6-7-13-23(22)26-17-20(25(3)18-26)16-24(2)14-8-9-15-24/h4-7,10-13,17H,8-9,14-16,18H2,1-3H3. The van der Waals surface area contributed by atoms with Crippen molar-refractivity contribution in [2.75, 3.05) is 18.6 Å². The van der Waals surface area contributed by atoms with Crippen LogP contribution in [0.5, 0.6) is 0 Å². The molecular formula is C24H30N2. The molecule has 2 aromatic carbocycles. The SMILES string of the molecule is Cc1ccccc1-c1ccccc1N1C=C(CC2(C)CCCC2)N(C)C1. The second-order valence-electron chi connectivity index (χ2n) is 8.46. The first-order valence-corrected chi connectivity index (χ1v) is 9.89. The fraction of sp³-hybridized carbons (Fsp3) is 0.417. The van der Waals surface area contributed by atoms with Crippen LogP contribution in [0.4, 0.5) is 5.69 Å². The summed E-state index contributed by atoms with van der Waals surface area (Å²) in [5, 5.41) is 0. The minimum absolute atomic E-state index is 0.492. The average molecular weight is 347 g/mol. The number of allylic oxidation sites excluding steroid dienone is 1. The zero-order valence-corrected chi connectivity index (χ0v) is 16.3. The normalized spacial score (nSPS) is 19.1. The van der Waals surface area contributed by atoms with Crippen LogP contribution in [0.1, 0.15) is 44.6 Å². The van der Waals surface area contributed by atoms with Gasteiger partial charge in [0, 0.05) is 24.5 Å². The number of aryl methyl sites for hydroxylation is 1. The molecule has 26 heavy (non-hydrogen) atoms. The van der Waals surface area contributed by atoms with Crippen molar-refractivity contribution in [2.24, 2.45) is 5.41 Å². The lowest BCUT2D eigenvalue weighted by atomic mass is 9.84. The van der Waals surface area contributed by atoms with Gasteiger partial charge in [0.25, 0.3) is 0 Å². The van der Waals surface area contributed by atoms with E-state index in [1.807, 2.05) is 0 Å². The molecular weight excluding hydrogens is 316 g/mol. The van der Waals surface area contributed by atoms with Crippen molar-refractivity contribution < 1.29 is 0 Å². The Kier molecular flexibility index (Phi) is 4.52. The third-order valence-corrected chi connectivity index (χ3v) is 6.23. The van der Waals surface area contributed by atoms with Gasteiger partial charge in [-0.2, -0.15) is 0 Å². The molecule has 136 valence electrons. The molecule has 2 aromatic rings. The second-order valence-corrected chi connectivity index (χ2v) is 8.46. The fourth-order valence-corrected chi connectivity index (χ4v) is 4.63. The summed E-state index contributed by atoms with van der Waals surface area (Å²) in [6, 6.07) is 17.5. The highest BCUT2D eigenvalue weighted by molar-refractivity contribution is 5.81. The molecule has 2 heteroatoms. The van der Waals surface area contributed by atoms with Gasteiger partial charge in [-0.1, -0.05) is 62.2 Å². The summed E-state index contributed by atoms with van der Waals surface area (Å²) < 4.78 is 0. The molecule has 1 fully saturated rings. The molecule has 0 radical (unpaired) electrons. The second kappa shape index (κ2) is 6.83. The van der Waals surface area contributed by atoms with E-state index in [0.717, 1.165) is 6.67 Å². The minimum atomic E-state index is 0.492. The molecule has 0 N–H and O–H groups in total. The summed E-state index contributed by atoms with van der Waals surface area (Å²) >= 11 is 0. The topological polar surface area (TPSA) is 6.48 Å². The zero-order chi connectivity index (χ0) is 18.1. The third kappa shape index (κ3) is 3.25. The molecule has 0 atom stereocenters. The fourth-order valence-electron chi connectivity index (χ4n) is 4.63. The number of hydrogen-bond acceptors (Lipinski definition) is 2. The summed E-state index contributed by atoms with van der Waals surface area (Å²) in [7, 11) is 2.24. The predicted molar refractivity (Wildman–Crippen MR) is 111 cm³/mol. The number of hydrogen-bond donors (Lipinski definition) is 0. The number of rotatable bonds is 4. The van der Waals surface area contributed by atoms with Gasteiger partial charge in [-0.05, 0) is 48.8 Å². The van der Waals surface area contributed by atoms with Crippen molar-refractivity contribution in [1.82, 2.24) is 4.90 Å². The molecule has 2 aliphatic rings. The molecule has 1 aliphatic carbocycles. The van der Waals surface area contributed by atoms with Gasteiger partial charge in [0.1, 0.15) is 0 Å². The van der Waals surface area contributed by atoms with Crippen LogP contribution in [0.25, 0.3) is 11.1 Å². The number of nitrogens with zero attached hydrogens (tertiary/aromatic N) is 2. The van der Waals surface area contributed by atoms with E-state index in [1.54, 1.807) is 0 Å². The van der Waals surface area contributed by atoms with E-state index in [9.17, 15) is 0 Å². The summed E-state index contributed by atoms with van der Waals surface area (Å²) in [5.74, 6) is 0. The van der Waals surface area contributed by atoms with E-state index in [-0.39, 0.29) is 0 Å². The van der Waals surface area contributed by atoms with Crippen molar-refractivity contribution in [1.29, 1.82) is 0 Å². The lowest BCUT2D eigenvalue weighted by Crippen LogP contribution is -2.25. The lowest BCUT2D eigenvalue weighted by Gasteiger charge is -2.27. The highest BCUT2D eigenvalue weighted by Crippen LogP contribution is 2.44. The first-order valence-electron chi connectivity index (χ1n) is 9.89. The Labute approximate surface area is 158 Å². The van der Waals surface area contributed by atoms with Crippen LogP contribution in [-0.4, -0.2) is 18.6 Å². The Bertz CT molecular complexity index is 814. The van der Waals surface area contributed by atoms with Crippen molar-refractivity contribution in [3.05, 3.63) is 66.0 Å². The van der Waals surface area contributed by atoms with Crippen LogP contribution in [0.3, 0.4) is 0 Å². The van der Waals surface area contributed by atoms with Crippen LogP contribution in [0, 0.1) is 12.3 Å². The highest BCUT2D eigenvalue weighted by Gasteiger charge is 2.32. The van der Waals surface area contributed by atoms with Gasteiger partial charge in [-0.25, -0.2) is 0 Å². The molecule has 1 aliphatic heterocycles. The average Bonchev–Trinajstić information content (AvgIpc) is 3.22. The van der Waals surface area contributed by atoms with Crippen LogP contribution >= 0.6 is 0 Å². The summed E-state index contributed by atoms with van der Waals surface area (Å²) in [5.41, 5.74) is 7.26. The van der Waals surface area contributed by atoms with Crippen molar-refractivity contribution >= 4 is 5.69 Å². The van der Waals surface area contributed by atoms with E-state index < -0.39 is 0 Å². The molecule has 0 aromatic heterocycles. The van der Waals surface area contributed by atoms with Crippen molar-refractivity contribution in [2.45, 2.75) is 46.0 Å². The number of para-hydroxylation sites is 1. The maximum Gasteiger partial charge on any atom is 0.0941 e. The molecule has 2 nitrogen and oxygen atoms in total. The van der Waals surface area contributed by atoms with Gasteiger partial charge >= 0.3 is 0 Å². The maximum absolute atomic E-state index is 2.47. The van der Waals surface area contributed by atoms with Gasteiger partial charge in [0.2, 0.25) is 0 Å². The van der Waals surface area contributed by atoms with E-state index >= 15 is 0 Å². The van der Waals surface area contributed by atoms with Gasteiger partial charge < -0.3 is 9.80 Å². The monoisotopic (exact) mass is 346 g/mol. The van der Waals surface area contributed by atoms with Gasteiger partial charge in [0.05, 0.1) is 12.4 Å². The van der Waals surface area contributed by atoms with Crippen LogP contribution < -0.4 is 4.90 Å². The quantitative estimate of drug-likeness (QED) is 0.652. The van der Waals surface area contributed by atoms with E-state index in [2.05, 4.69) is 85.4 Å². The van der Waals surface area contributed by atoms with E-state index in [4.69, 9.17) is 0 Å². The molecule has 1 saturated carbocycles. The molecule has 0 spiro atoms. The van der Waals surface area contributed by atoms with Gasteiger partial charge in [-0.15, -0.1) is 0 Å². The molecule has 1 heterocycles. The molecule has 0 bridgehead atoms. The summed E-state index contributed by atoms with van der Waals surface area (Å²) in [4.78, 5) is 4.85. The largest absolute Gasteiger partial charge is 0.359 e. The summed E-state index contributed by atoms with van der Waals surface area (Å²) in [6.45, 7) is 5.61.